The van der Waals surface area contributed by atoms with Crippen molar-refractivity contribution in [2.75, 3.05) is 0 Å². The number of ether oxygens (including phenoxy) is 1. The molecule has 72 valence electrons. The lowest BCUT2D eigenvalue weighted by atomic mass is 9.59. The van der Waals surface area contributed by atoms with Crippen molar-refractivity contribution in [3.05, 3.63) is 0 Å². The van der Waals surface area contributed by atoms with E-state index in [-0.39, 0.29) is 11.9 Å². The molecule has 0 aromatic rings. The van der Waals surface area contributed by atoms with Crippen molar-refractivity contribution in [1.29, 1.82) is 0 Å². The Hall–Kier alpha value is -0.860. The average molecular weight is 182 g/mol. The van der Waals surface area contributed by atoms with Crippen LogP contribution in [0.5, 0.6) is 0 Å². The lowest BCUT2D eigenvalue weighted by molar-refractivity contribution is -0.155. The molecule has 0 radical (unpaired) electrons. The smallest absolute Gasteiger partial charge is 0.320 e. The van der Waals surface area contributed by atoms with E-state index < -0.39 is 10.8 Å². The van der Waals surface area contributed by atoms with Gasteiger partial charge in [-0.3, -0.25) is 9.59 Å². The number of cyclic esters (lactones) is 2. The van der Waals surface area contributed by atoms with E-state index >= 15 is 0 Å². The lowest BCUT2D eigenvalue weighted by Crippen LogP contribution is -2.42. The first-order chi connectivity index (χ1) is 6.01. The van der Waals surface area contributed by atoms with Crippen molar-refractivity contribution in [2.24, 2.45) is 10.8 Å². The zero-order valence-corrected chi connectivity index (χ0v) is 8.05. The third-order valence-electron chi connectivity index (χ3n) is 3.91. The van der Waals surface area contributed by atoms with Gasteiger partial charge in [-0.1, -0.05) is 12.8 Å². The Morgan fingerprint density at radius 3 is 1.77 bits per heavy atom. The largest absolute Gasteiger partial charge is 0.392 e. The molecule has 3 nitrogen and oxygen atoms in total. The Balaban J connectivity index is 2.46. The van der Waals surface area contributed by atoms with Crippen LogP contribution in [0, 0.1) is 10.8 Å². The van der Waals surface area contributed by atoms with Gasteiger partial charge in [0.1, 0.15) is 0 Å². The minimum Gasteiger partial charge on any atom is -0.392 e. The van der Waals surface area contributed by atoms with Gasteiger partial charge < -0.3 is 4.74 Å². The molecule has 1 saturated heterocycles. The number of carbonyl (C=O) groups excluding carboxylic acids is 2. The molecule has 2 unspecified atom stereocenters. The molecule has 2 rings (SSSR count). The van der Waals surface area contributed by atoms with Crippen LogP contribution in [0.1, 0.15) is 39.5 Å². The molecule has 0 amide bonds. The molecule has 1 saturated carbocycles. The van der Waals surface area contributed by atoms with Crippen molar-refractivity contribution in [3.8, 4) is 0 Å². The molecule has 1 heterocycles. The predicted octanol–water partition coefficient (Wildman–Crippen LogP) is 1.66. The van der Waals surface area contributed by atoms with Crippen molar-refractivity contribution in [2.45, 2.75) is 39.5 Å². The summed E-state index contributed by atoms with van der Waals surface area (Å²) in [5.74, 6) is -0.639. The number of rotatable bonds is 0. The number of fused-ring (bicyclic) bond motifs is 1. The van der Waals surface area contributed by atoms with Gasteiger partial charge in [0.2, 0.25) is 0 Å². The summed E-state index contributed by atoms with van der Waals surface area (Å²) in [7, 11) is 0. The van der Waals surface area contributed by atoms with E-state index in [2.05, 4.69) is 0 Å². The van der Waals surface area contributed by atoms with E-state index in [0.717, 1.165) is 25.7 Å². The Morgan fingerprint density at radius 1 is 1.00 bits per heavy atom. The maximum absolute atomic E-state index is 11.5. The molecule has 3 heteroatoms. The van der Waals surface area contributed by atoms with E-state index in [1.807, 2.05) is 13.8 Å². The molecule has 0 spiro atoms. The van der Waals surface area contributed by atoms with Crippen LogP contribution >= 0.6 is 0 Å². The quantitative estimate of drug-likeness (QED) is 0.422. The number of hydrogen-bond acceptors (Lipinski definition) is 3. The van der Waals surface area contributed by atoms with Gasteiger partial charge in [-0.05, 0) is 26.7 Å². The Labute approximate surface area is 77.4 Å². The highest BCUT2D eigenvalue weighted by molar-refractivity contribution is 6.01. The molecular formula is C10H14O3. The molecule has 0 aromatic carbocycles. The highest BCUT2D eigenvalue weighted by Crippen LogP contribution is 2.55. The highest BCUT2D eigenvalue weighted by atomic mass is 16.6. The van der Waals surface area contributed by atoms with Crippen molar-refractivity contribution >= 4 is 11.9 Å². The van der Waals surface area contributed by atoms with Crippen LogP contribution in [0.2, 0.25) is 0 Å². The average Bonchev–Trinajstić information content (AvgIpc) is 2.25. The van der Waals surface area contributed by atoms with Crippen molar-refractivity contribution in [1.82, 2.24) is 0 Å². The molecule has 1 aliphatic carbocycles. The second kappa shape index (κ2) is 2.34. The topological polar surface area (TPSA) is 43.4 Å². The fourth-order valence-electron chi connectivity index (χ4n) is 2.47. The third-order valence-corrected chi connectivity index (χ3v) is 3.91. The van der Waals surface area contributed by atoms with Gasteiger partial charge in [0, 0.05) is 0 Å². The molecule has 0 bridgehead atoms. The first-order valence-corrected chi connectivity index (χ1v) is 4.77. The third kappa shape index (κ3) is 0.847. The zero-order valence-electron chi connectivity index (χ0n) is 8.05. The highest BCUT2D eigenvalue weighted by Gasteiger charge is 2.63. The van der Waals surface area contributed by atoms with E-state index in [1.54, 1.807) is 0 Å². The van der Waals surface area contributed by atoms with Crippen LogP contribution in [-0.2, 0) is 14.3 Å². The summed E-state index contributed by atoms with van der Waals surface area (Å²) in [6, 6.07) is 0. The summed E-state index contributed by atoms with van der Waals surface area (Å²) >= 11 is 0. The van der Waals surface area contributed by atoms with Gasteiger partial charge >= 0.3 is 11.9 Å². The van der Waals surface area contributed by atoms with Crippen molar-refractivity contribution in [3.63, 3.8) is 0 Å². The van der Waals surface area contributed by atoms with E-state index in [1.165, 1.54) is 0 Å². The summed E-state index contributed by atoms with van der Waals surface area (Å²) in [6.07, 6.45) is 3.62. The van der Waals surface area contributed by atoms with Gasteiger partial charge in [-0.15, -0.1) is 0 Å². The van der Waals surface area contributed by atoms with Gasteiger partial charge in [0.15, 0.2) is 0 Å². The first kappa shape index (κ1) is 8.73. The van der Waals surface area contributed by atoms with Crippen LogP contribution in [0.25, 0.3) is 0 Å². The second-order valence-corrected chi connectivity index (χ2v) is 4.55. The fourth-order valence-corrected chi connectivity index (χ4v) is 2.47. The fraction of sp³-hybridized carbons (Fsp3) is 0.800. The van der Waals surface area contributed by atoms with Crippen LogP contribution < -0.4 is 0 Å². The monoisotopic (exact) mass is 182 g/mol. The normalized spacial score (nSPS) is 44.5. The minimum absolute atomic E-state index is 0.320. The van der Waals surface area contributed by atoms with Crippen LogP contribution in [-0.4, -0.2) is 11.9 Å². The maximum atomic E-state index is 11.5. The molecule has 1 aliphatic heterocycles. The predicted molar refractivity (Wildman–Crippen MR) is 45.8 cm³/mol. The Bertz CT molecular complexity index is 256. The molecule has 2 aliphatic rings. The second-order valence-electron chi connectivity index (χ2n) is 4.55. The first-order valence-electron chi connectivity index (χ1n) is 4.77. The van der Waals surface area contributed by atoms with Gasteiger partial charge in [-0.25, -0.2) is 0 Å². The SMILES string of the molecule is CC12CCCCC1(C)C(=O)OC2=O. The number of carbonyl (C=O) groups is 2. The molecule has 0 aromatic heterocycles. The summed E-state index contributed by atoms with van der Waals surface area (Å²) in [4.78, 5) is 23.0. The van der Waals surface area contributed by atoms with Gasteiger partial charge in [0.05, 0.1) is 10.8 Å². The van der Waals surface area contributed by atoms with E-state index in [9.17, 15) is 9.59 Å². The van der Waals surface area contributed by atoms with Crippen molar-refractivity contribution < 1.29 is 14.3 Å². The Kier molecular flexibility index (Phi) is 1.57. The van der Waals surface area contributed by atoms with E-state index in [0.29, 0.717) is 0 Å². The summed E-state index contributed by atoms with van der Waals surface area (Å²) < 4.78 is 4.74. The molecular weight excluding hydrogens is 168 g/mol. The maximum Gasteiger partial charge on any atom is 0.320 e. The number of hydrogen-bond donors (Lipinski definition) is 0. The summed E-state index contributed by atoms with van der Waals surface area (Å²) in [5.41, 5.74) is -1.11. The lowest BCUT2D eigenvalue weighted by Gasteiger charge is -2.38. The molecule has 2 atom stereocenters. The van der Waals surface area contributed by atoms with Gasteiger partial charge in [-0.2, -0.15) is 0 Å². The minimum atomic E-state index is -0.553. The van der Waals surface area contributed by atoms with E-state index in [4.69, 9.17) is 4.74 Å². The number of esters is 2. The molecule has 2 fully saturated rings. The summed E-state index contributed by atoms with van der Waals surface area (Å²) in [5, 5.41) is 0. The molecule has 13 heavy (non-hydrogen) atoms. The van der Waals surface area contributed by atoms with Crippen LogP contribution in [0.4, 0.5) is 0 Å². The van der Waals surface area contributed by atoms with Crippen LogP contribution in [0.15, 0.2) is 0 Å². The van der Waals surface area contributed by atoms with Gasteiger partial charge in [0.25, 0.3) is 0 Å². The molecule has 0 N–H and O–H groups in total. The van der Waals surface area contributed by atoms with Crippen LogP contribution in [0.3, 0.4) is 0 Å². The summed E-state index contributed by atoms with van der Waals surface area (Å²) in [6.45, 7) is 3.72. The standard InChI is InChI=1S/C10H14O3/c1-9-5-3-4-6-10(9,2)8(12)13-7(9)11/h3-6H2,1-2H3. The zero-order chi connectivity index (χ0) is 9.69. The Morgan fingerprint density at radius 2 is 1.38 bits per heavy atom.